The lowest BCUT2D eigenvalue weighted by atomic mass is 10.1. The fraction of sp³-hybridized carbons (Fsp3) is 0.182. The summed E-state index contributed by atoms with van der Waals surface area (Å²) in [5.41, 5.74) is 2.76. The summed E-state index contributed by atoms with van der Waals surface area (Å²) < 4.78 is 14.3. The van der Waals surface area contributed by atoms with E-state index in [0.717, 1.165) is 0 Å². The first kappa shape index (κ1) is 12.0. The highest BCUT2D eigenvalue weighted by atomic mass is 19.1. The van der Waals surface area contributed by atoms with Crippen LogP contribution in [0.1, 0.15) is 0 Å². The maximum absolute atomic E-state index is 13.1. The molecule has 0 aliphatic carbocycles. The number of halogens is 1. The average molecular weight is 249 g/mol. The van der Waals surface area contributed by atoms with Gasteiger partial charge in [-0.25, -0.2) is 4.39 Å². The molecule has 0 atom stereocenters. The molecule has 0 aliphatic heterocycles. The van der Waals surface area contributed by atoms with Gasteiger partial charge in [0.1, 0.15) is 5.82 Å². The van der Waals surface area contributed by atoms with Crippen molar-refractivity contribution in [1.29, 1.82) is 0 Å². The summed E-state index contributed by atoms with van der Waals surface area (Å²) in [5, 5.41) is 10.4. The van der Waals surface area contributed by atoms with Crippen LogP contribution in [0, 0.1) is 5.82 Å². The van der Waals surface area contributed by atoms with Crippen LogP contribution in [0.2, 0.25) is 0 Å². The van der Waals surface area contributed by atoms with Gasteiger partial charge in [-0.05, 0) is 12.1 Å². The Labute approximate surface area is 102 Å². The molecule has 1 heterocycles. The smallest absolute Gasteiger partial charge is 0.300 e. The summed E-state index contributed by atoms with van der Waals surface area (Å²) in [7, 11) is 3.21. The largest absolute Gasteiger partial charge is 0.356 e. The van der Waals surface area contributed by atoms with Gasteiger partial charge in [-0.1, -0.05) is 12.1 Å². The Morgan fingerprint density at radius 3 is 2.67 bits per heavy atom. The minimum atomic E-state index is -0.428. The van der Waals surface area contributed by atoms with Crippen molar-refractivity contribution in [2.45, 2.75) is 0 Å². The molecule has 6 nitrogen and oxygen atoms in total. The molecule has 2 rings (SSSR count). The predicted molar refractivity (Wildman–Crippen MR) is 66.5 cm³/mol. The Kier molecular flexibility index (Phi) is 3.22. The second kappa shape index (κ2) is 4.82. The lowest BCUT2D eigenvalue weighted by Crippen LogP contribution is -2.32. The summed E-state index contributed by atoms with van der Waals surface area (Å²) in [5.74, 6) is -0.148. The van der Waals surface area contributed by atoms with Gasteiger partial charge in [-0.2, -0.15) is 4.68 Å². The van der Waals surface area contributed by atoms with E-state index < -0.39 is 11.4 Å². The highest BCUT2D eigenvalue weighted by Crippen LogP contribution is 2.14. The van der Waals surface area contributed by atoms with Crippen molar-refractivity contribution in [2.75, 3.05) is 24.8 Å². The van der Waals surface area contributed by atoms with Crippen molar-refractivity contribution in [2.24, 2.45) is 0 Å². The zero-order valence-corrected chi connectivity index (χ0v) is 9.94. The third kappa shape index (κ3) is 2.02. The normalized spacial score (nSPS) is 10.2. The topological polar surface area (TPSA) is 71.8 Å². The molecule has 18 heavy (non-hydrogen) atoms. The molecule has 0 saturated carbocycles. The summed E-state index contributed by atoms with van der Waals surface area (Å²) in [6.45, 7) is 0. The first-order chi connectivity index (χ1) is 8.67. The number of nitrogens with one attached hydrogen (secondary N) is 2. The molecule has 2 N–H and O–H groups in total. The van der Waals surface area contributed by atoms with Crippen LogP contribution in [-0.4, -0.2) is 29.0 Å². The highest BCUT2D eigenvalue weighted by molar-refractivity contribution is 5.58. The van der Waals surface area contributed by atoms with Crippen LogP contribution in [-0.2, 0) is 0 Å². The van der Waals surface area contributed by atoms with Gasteiger partial charge in [0, 0.05) is 19.7 Å². The summed E-state index contributed by atoms with van der Waals surface area (Å²) >= 11 is 0. The number of benzene rings is 1. The lowest BCUT2D eigenvalue weighted by molar-refractivity contribution is 0.628. The third-order valence-corrected chi connectivity index (χ3v) is 2.41. The molecule has 94 valence electrons. The number of nitrogens with zero attached hydrogens (tertiary/aromatic N) is 3. The summed E-state index contributed by atoms with van der Waals surface area (Å²) in [6, 6.07) is 5.66. The van der Waals surface area contributed by atoms with Crippen LogP contribution < -0.4 is 16.3 Å². The van der Waals surface area contributed by atoms with Gasteiger partial charge >= 0.3 is 0 Å². The van der Waals surface area contributed by atoms with E-state index in [1.54, 1.807) is 20.2 Å². The minimum Gasteiger partial charge on any atom is -0.356 e. The van der Waals surface area contributed by atoms with Gasteiger partial charge < -0.3 is 10.7 Å². The van der Waals surface area contributed by atoms with Crippen molar-refractivity contribution in [3.63, 3.8) is 0 Å². The van der Waals surface area contributed by atoms with E-state index in [-0.39, 0.29) is 11.6 Å². The predicted octanol–water partition coefficient (Wildman–Crippen LogP) is 0.659. The van der Waals surface area contributed by atoms with E-state index in [1.807, 2.05) is 0 Å². The van der Waals surface area contributed by atoms with Crippen LogP contribution in [0.3, 0.4) is 0 Å². The Hall–Kier alpha value is -2.44. The van der Waals surface area contributed by atoms with Gasteiger partial charge in [0.05, 0.1) is 0 Å². The van der Waals surface area contributed by atoms with Crippen molar-refractivity contribution in [1.82, 2.24) is 14.9 Å². The Morgan fingerprint density at radius 2 is 2.06 bits per heavy atom. The molecule has 7 heteroatoms. The molecule has 0 radical (unpaired) electrons. The molecular formula is C11H12FN5O. The number of hydrogen-bond donors (Lipinski definition) is 2. The standard InChI is InChI=1S/C11H12FN5O/c1-13-11-16-15-9(10(18)17(11)14-2)7-4-3-5-8(12)6-7/h3-6,14H,1-2H3,(H,13,16). The van der Waals surface area contributed by atoms with E-state index in [1.165, 1.54) is 22.9 Å². The van der Waals surface area contributed by atoms with Crippen LogP contribution in [0.5, 0.6) is 0 Å². The van der Waals surface area contributed by atoms with Gasteiger partial charge in [0.15, 0.2) is 5.69 Å². The average Bonchev–Trinajstić information content (AvgIpc) is 2.38. The van der Waals surface area contributed by atoms with Crippen LogP contribution in [0.15, 0.2) is 29.1 Å². The molecule has 2 aromatic rings. The van der Waals surface area contributed by atoms with Gasteiger partial charge in [-0.15, -0.1) is 10.2 Å². The second-order valence-corrected chi connectivity index (χ2v) is 3.50. The lowest BCUT2D eigenvalue weighted by Gasteiger charge is -2.10. The summed E-state index contributed by atoms with van der Waals surface area (Å²) in [4.78, 5) is 12.1. The van der Waals surface area contributed by atoms with Crippen LogP contribution in [0.25, 0.3) is 11.3 Å². The zero-order valence-electron chi connectivity index (χ0n) is 9.94. The quantitative estimate of drug-likeness (QED) is 0.836. The fourth-order valence-corrected chi connectivity index (χ4v) is 1.57. The van der Waals surface area contributed by atoms with Crippen molar-refractivity contribution >= 4 is 5.95 Å². The van der Waals surface area contributed by atoms with E-state index in [2.05, 4.69) is 20.9 Å². The molecule has 0 amide bonds. The molecule has 0 spiro atoms. The van der Waals surface area contributed by atoms with Crippen LogP contribution in [0.4, 0.5) is 10.3 Å². The summed E-state index contributed by atoms with van der Waals surface area (Å²) in [6.07, 6.45) is 0. The molecule has 0 saturated heterocycles. The maximum Gasteiger partial charge on any atom is 0.300 e. The monoisotopic (exact) mass is 249 g/mol. The highest BCUT2D eigenvalue weighted by Gasteiger charge is 2.12. The van der Waals surface area contributed by atoms with Gasteiger partial charge in [0.2, 0.25) is 5.95 Å². The first-order valence-corrected chi connectivity index (χ1v) is 5.28. The van der Waals surface area contributed by atoms with E-state index in [4.69, 9.17) is 0 Å². The van der Waals surface area contributed by atoms with E-state index in [0.29, 0.717) is 5.56 Å². The van der Waals surface area contributed by atoms with Gasteiger partial charge in [0.25, 0.3) is 5.56 Å². The van der Waals surface area contributed by atoms with Crippen molar-refractivity contribution in [3.05, 3.63) is 40.4 Å². The van der Waals surface area contributed by atoms with Gasteiger partial charge in [-0.3, -0.25) is 4.79 Å². The molecule has 0 bridgehead atoms. The Balaban J connectivity index is 2.63. The van der Waals surface area contributed by atoms with Crippen LogP contribution >= 0.6 is 0 Å². The molecule has 0 unspecified atom stereocenters. The van der Waals surface area contributed by atoms with E-state index >= 15 is 0 Å². The SMILES string of the molecule is CNc1nnc(-c2cccc(F)c2)c(=O)n1NC. The molecule has 0 fully saturated rings. The van der Waals surface area contributed by atoms with Crippen molar-refractivity contribution < 1.29 is 4.39 Å². The molecule has 0 aliphatic rings. The number of hydrogen-bond acceptors (Lipinski definition) is 5. The minimum absolute atomic E-state index is 0.0860. The Morgan fingerprint density at radius 1 is 1.28 bits per heavy atom. The number of anilines is 1. The number of aromatic nitrogens is 3. The molecule has 1 aromatic carbocycles. The third-order valence-electron chi connectivity index (χ3n) is 2.41. The molecule has 1 aromatic heterocycles. The molecular weight excluding hydrogens is 237 g/mol. The second-order valence-electron chi connectivity index (χ2n) is 3.50. The fourth-order valence-electron chi connectivity index (χ4n) is 1.57. The Bertz CT molecular complexity index is 625. The number of rotatable bonds is 3. The zero-order chi connectivity index (χ0) is 13.1. The van der Waals surface area contributed by atoms with Crippen molar-refractivity contribution in [3.8, 4) is 11.3 Å². The maximum atomic E-state index is 13.1. The van der Waals surface area contributed by atoms with E-state index in [9.17, 15) is 9.18 Å². The first-order valence-electron chi connectivity index (χ1n) is 5.28.